The molecule has 1 rings (SSSR count). The van der Waals surface area contributed by atoms with Crippen molar-refractivity contribution in [1.82, 2.24) is 15.5 Å². The van der Waals surface area contributed by atoms with Gasteiger partial charge in [0.05, 0.1) is 38.6 Å². The van der Waals surface area contributed by atoms with E-state index in [0.29, 0.717) is 39.5 Å². The Balaban J connectivity index is 1.93. The topological polar surface area (TPSA) is 123 Å². The Hall–Kier alpha value is -2.02. The van der Waals surface area contributed by atoms with Gasteiger partial charge in [-0.2, -0.15) is 3.89 Å². The maximum atomic E-state index is 12.5. The lowest BCUT2D eigenvalue weighted by atomic mass is 10.3. The Bertz CT molecular complexity index is 604. The Morgan fingerprint density at radius 3 is 2.24 bits per heavy atom. The van der Waals surface area contributed by atoms with Gasteiger partial charge in [0, 0.05) is 39.2 Å². The molecule has 0 fully saturated rings. The molecule has 0 aromatic rings. The van der Waals surface area contributed by atoms with E-state index in [1.54, 1.807) is 0 Å². The largest absolute Gasteiger partial charge is 0.377 e. The summed E-state index contributed by atoms with van der Waals surface area (Å²) in [5.74, 6) is -1.68. The molecule has 2 N–H and O–H groups in total. The summed E-state index contributed by atoms with van der Waals surface area (Å²) in [4.78, 5) is 46.7. The quantitative estimate of drug-likeness (QED) is 0.247. The van der Waals surface area contributed by atoms with E-state index in [-0.39, 0.29) is 54.9 Å². The Kier molecular flexibility index (Phi) is 12.9. The average molecular weight is 435 g/mol. The lowest BCUT2D eigenvalue weighted by Crippen LogP contribution is -2.33. The maximum Gasteiger partial charge on any atom is 0.269 e. The molecule has 0 spiro atoms. The highest BCUT2D eigenvalue weighted by atomic mass is 32.2. The number of halogens is 1. The molecule has 0 aromatic carbocycles. The zero-order valence-electron chi connectivity index (χ0n) is 16.2. The van der Waals surface area contributed by atoms with Crippen molar-refractivity contribution in [3.05, 3.63) is 11.0 Å². The van der Waals surface area contributed by atoms with Gasteiger partial charge in [0.1, 0.15) is 11.5 Å². The summed E-state index contributed by atoms with van der Waals surface area (Å²) in [6, 6.07) is 0. The van der Waals surface area contributed by atoms with Gasteiger partial charge in [0.25, 0.3) is 11.8 Å². The molecule has 0 atom stereocenters. The first kappa shape index (κ1) is 25.0. The second kappa shape index (κ2) is 14.9. The van der Waals surface area contributed by atoms with Crippen LogP contribution in [0.5, 0.6) is 0 Å². The number of rotatable bonds is 16. The molecule has 1 heterocycles. The van der Waals surface area contributed by atoms with E-state index in [2.05, 4.69) is 15.4 Å². The minimum absolute atomic E-state index is 0.0137. The zero-order chi connectivity index (χ0) is 21.5. The van der Waals surface area contributed by atoms with Crippen LogP contribution in [0.15, 0.2) is 11.0 Å². The van der Waals surface area contributed by atoms with E-state index in [1.807, 2.05) is 0 Å². The second-order valence-electron chi connectivity index (χ2n) is 5.84. The Morgan fingerprint density at radius 2 is 1.69 bits per heavy atom. The molecule has 0 aromatic heterocycles. The van der Waals surface area contributed by atoms with Crippen molar-refractivity contribution in [3.8, 4) is 0 Å². The van der Waals surface area contributed by atoms with Crippen LogP contribution in [-0.4, -0.2) is 88.3 Å². The maximum absolute atomic E-state index is 12.5. The van der Waals surface area contributed by atoms with Gasteiger partial charge in [0.15, 0.2) is 0 Å². The van der Waals surface area contributed by atoms with Crippen LogP contribution in [0, 0.1) is 0 Å². The first-order valence-corrected chi connectivity index (χ1v) is 9.75. The highest BCUT2D eigenvalue weighted by Gasteiger charge is 2.31. The van der Waals surface area contributed by atoms with Crippen LogP contribution in [0.25, 0.3) is 0 Å². The van der Waals surface area contributed by atoms with Gasteiger partial charge in [-0.1, -0.05) is 0 Å². The molecule has 12 heteroatoms. The number of hydrogen-bond acceptors (Lipinski definition) is 8. The molecule has 4 amide bonds. The molecule has 0 saturated carbocycles. The first-order valence-electron chi connectivity index (χ1n) is 9.03. The lowest BCUT2D eigenvalue weighted by molar-refractivity contribution is -0.137. The van der Waals surface area contributed by atoms with E-state index in [9.17, 15) is 23.1 Å². The Labute approximate surface area is 172 Å². The number of nitrogens with zero attached hydrogens (tertiary/aromatic N) is 1. The number of nitrogens with one attached hydrogen (secondary N) is 2. The van der Waals surface area contributed by atoms with Gasteiger partial charge in [0.2, 0.25) is 11.8 Å². The molecular formula is C17H26FN3O7S. The number of imide groups is 1. The summed E-state index contributed by atoms with van der Waals surface area (Å²) >= 11 is -0.261. The average Bonchev–Trinajstić information content (AvgIpc) is 2.97. The predicted molar refractivity (Wildman–Crippen MR) is 102 cm³/mol. The molecule has 10 nitrogen and oxygen atoms in total. The highest BCUT2D eigenvalue weighted by molar-refractivity contribution is 7.99. The number of carbonyl (C=O) groups is 4. The molecular weight excluding hydrogens is 409 g/mol. The van der Waals surface area contributed by atoms with Gasteiger partial charge in [-0.15, -0.1) is 0 Å². The predicted octanol–water partition coefficient (Wildman–Crippen LogP) is -0.451. The van der Waals surface area contributed by atoms with Crippen molar-refractivity contribution in [2.24, 2.45) is 0 Å². The fourth-order valence-corrected chi connectivity index (χ4v) is 2.59. The van der Waals surface area contributed by atoms with E-state index in [4.69, 9.17) is 9.47 Å². The fraction of sp³-hybridized carbons (Fsp3) is 0.647. The molecule has 0 aliphatic carbocycles. The molecule has 29 heavy (non-hydrogen) atoms. The van der Waals surface area contributed by atoms with Gasteiger partial charge < -0.3 is 24.8 Å². The van der Waals surface area contributed by atoms with Crippen LogP contribution in [0.2, 0.25) is 0 Å². The summed E-state index contributed by atoms with van der Waals surface area (Å²) in [7, 11) is 1.44. The van der Waals surface area contributed by atoms with Crippen molar-refractivity contribution in [2.45, 2.75) is 12.8 Å². The van der Waals surface area contributed by atoms with E-state index in [1.165, 1.54) is 7.11 Å². The summed E-state index contributed by atoms with van der Waals surface area (Å²) in [6.45, 7) is 2.16. The van der Waals surface area contributed by atoms with E-state index >= 15 is 0 Å². The van der Waals surface area contributed by atoms with Crippen LogP contribution in [0.4, 0.5) is 3.89 Å². The number of ether oxygens (including phenoxy) is 3. The van der Waals surface area contributed by atoms with E-state index in [0.717, 1.165) is 11.0 Å². The summed E-state index contributed by atoms with van der Waals surface area (Å²) in [6.07, 6.45) is 1.37. The summed E-state index contributed by atoms with van der Waals surface area (Å²) in [5, 5.41) is 5.27. The minimum atomic E-state index is -0.670. The smallest absolute Gasteiger partial charge is 0.269 e. The SMILES string of the molecule is COCC(=O)NCCOCCOCCNC(=O)CCCN1C(=O)C=C(SF)C1=O. The normalized spacial score (nSPS) is 13.6. The lowest BCUT2D eigenvalue weighted by Gasteiger charge is -2.13. The van der Waals surface area contributed by atoms with Crippen molar-refractivity contribution in [1.29, 1.82) is 0 Å². The third-order valence-corrected chi connectivity index (χ3v) is 4.09. The van der Waals surface area contributed by atoms with Crippen molar-refractivity contribution in [2.75, 3.05) is 59.8 Å². The van der Waals surface area contributed by atoms with Crippen LogP contribution in [-0.2, 0) is 33.4 Å². The Morgan fingerprint density at radius 1 is 1.07 bits per heavy atom. The molecule has 0 radical (unpaired) electrons. The standard InChI is InChI=1S/C17H26FN3O7S/c1-26-12-15(23)20-5-8-28-10-9-27-7-4-19-14(22)3-2-6-21-16(24)11-13(29-18)17(21)25/h11H,2-10,12H2,1H3,(H,19,22)(H,20,23). The molecule has 1 aliphatic heterocycles. The van der Waals surface area contributed by atoms with Crippen LogP contribution in [0.1, 0.15) is 12.8 Å². The van der Waals surface area contributed by atoms with Gasteiger partial charge in [-0.25, -0.2) is 0 Å². The number of carbonyl (C=O) groups excluding carboxylic acids is 4. The molecule has 0 bridgehead atoms. The number of methoxy groups -OCH3 is 1. The summed E-state index contributed by atoms with van der Waals surface area (Å²) in [5.41, 5.74) is 0. The van der Waals surface area contributed by atoms with Gasteiger partial charge in [-0.3, -0.25) is 24.1 Å². The zero-order valence-corrected chi connectivity index (χ0v) is 17.1. The van der Waals surface area contributed by atoms with Crippen molar-refractivity contribution in [3.63, 3.8) is 0 Å². The van der Waals surface area contributed by atoms with Crippen molar-refractivity contribution >= 4 is 35.8 Å². The van der Waals surface area contributed by atoms with E-state index < -0.39 is 11.8 Å². The number of hydrogen-bond donors (Lipinski definition) is 2. The summed E-state index contributed by atoms with van der Waals surface area (Å²) < 4.78 is 27.7. The second-order valence-corrected chi connectivity index (χ2v) is 6.44. The fourth-order valence-electron chi connectivity index (χ4n) is 2.27. The monoisotopic (exact) mass is 435 g/mol. The minimum Gasteiger partial charge on any atom is -0.377 e. The van der Waals surface area contributed by atoms with Crippen LogP contribution in [0.3, 0.4) is 0 Å². The molecule has 0 unspecified atom stereocenters. The number of amides is 4. The van der Waals surface area contributed by atoms with Crippen molar-refractivity contribution < 1.29 is 37.3 Å². The van der Waals surface area contributed by atoms with Gasteiger partial charge in [-0.05, 0) is 6.42 Å². The molecule has 164 valence electrons. The highest BCUT2D eigenvalue weighted by Crippen LogP contribution is 2.24. The van der Waals surface area contributed by atoms with Gasteiger partial charge >= 0.3 is 0 Å². The molecule has 1 aliphatic rings. The molecule has 0 saturated heterocycles. The van der Waals surface area contributed by atoms with Crippen LogP contribution >= 0.6 is 12.1 Å². The van der Waals surface area contributed by atoms with Crippen LogP contribution < -0.4 is 10.6 Å². The first-order chi connectivity index (χ1) is 14.0. The third-order valence-electron chi connectivity index (χ3n) is 3.63. The third kappa shape index (κ3) is 10.4.